The number of hydrogen-bond donors (Lipinski definition) is 3. The van der Waals surface area contributed by atoms with Gasteiger partial charge in [-0.15, -0.1) is 0 Å². The normalized spacial score (nSPS) is 18.1. The van der Waals surface area contributed by atoms with Gasteiger partial charge in [0.25, 0.3) is 11.5 Å². The third-order valence-electron chi connectivity index (χ3n) is 6.61. The number of anilines is 1. The Labute approximate surface area is 210 Å². The minimum atomic E-state index is -4.55. The monoisotopic (exact) mass is 509 g/mol. The molecule has 1 fully saturated rings. The van der Waals surface area contributed by atoms with E-state index in [0.29, 0.717) is 28.7 Å². The molecule has 1 saturated carbocycles. The third kappa shape index (κ3) is 5.37. The van der Waals surface area contributed by atoms with Crippen molar-refractivity contribution in [2.24, 2.45) is 0 Å². The van der Waals surface area contributed by atoms with Gasteiger partial charge in [0.05, 0.1) is 11.2 Å². The molecule has 2 aromatic heterocycles. The van der Waals surface area contributed by atoms with Crippen LogP contribution in [0.5, 0.6) is 0 Å². The molecule has 4 aromatic rings. The molecule has 7 nitrogen and oxygen atoms in total. The Balaban J connectivity index is 1.27. The number of halogens is 3. The maximum atomic E-state index is 13.4. The van der Waals surface area contributed by atoms with Crippen molar-refractivity contribution in [1.82, 2.24) is 20.1 Å². The number of alkyl halides is 3. The van der Waals surface area contributed by atoms with E-state index < -0.39 is 11.9 Å². The fourth-order valence-electron chi connectivity index (χ4n) is 4.85. The first-order valence-corrected chi connectivity index (χ1v) is 12.1. The molecule has 0 aliphatic heterocycles. The maximum Gasteiger partial charge on any atom is 0.433 e. The van der Waals surface area contributed by atoms with Gasteiger partial charge in [-0.05, 0) is 69.0 Å². The second kappa shape index (κ2) is 9.76. The van der Waals surface area contributed by atoms with E-state index >= 15 is 0 Å². The lowest BCUT2D eigenvalue weighted by molar-refractivity contribution is -0.140. The second-order valence-electron chi connectivity index (χ2n) is 9.41. The Bertz CT molecular complexity index is 1490. The number of amides is 1. The van der Waals surface area contributed by atoms with Crippen LogP contribution >= 0.6 is 0 Å². The Morgan fingerprint density at radius 3 is 2.49 bits per heavy atom. The van der Waals surface area contributed by atoms with Crippen LogP contribution in [0.4, 0.5) is 18.9 Å². The molecular weight excluding hydrogens is 483 g/mol. The standard InChI is InChI=1S/C27H26F3N5O2/c1-16-13-25(36)35(34-16)20-11-9-17(10-12-20)26(37)32-19-6-4-5-18(14-19)31-23-15-24(27(28,29)30)33-22-8-3-2-7-21(22)23/h2-3,7-13,15,18-19,34H,4-6,14H2,1H3,(H,31,33)(H,32,37)/t18-,19+/m0/s1. The van der Waals surface area contributed by atoms with Gasteiger partial charge in [0.1, 0.15) is 5.69 Å². The second-order valence-corrected chi connectivity index (χ2v) is 9.41. The van der Waals surface area contributed by atoms with Crippen molar-refractivity contribution in [3.8, 4) is 5.69 Å². The SMILES string of the molecule is Cc1cc(=O)n(-c2ccc(C(=O)N[C@@H]3CCC[C@H](Nc4cc(C(F)(F)F)nc5ccccc45)C3)cc2)[nH]1. The molecule has 3 N–H and O–H groups in total. The minimum absolute atomic E-state index is 0.101. The van der Waals surface area contributed by atoms with Crippen LogP contribution in [0, 0.1) is 6.92 Å². The van der Waals surface area contributed by atoms with Gasteiger partial charge in [-0.3, -0.25) is 14.7 Å². The van der Waals surface area contributed by atoms with E-state index in [-0.39, 0.29) is 29.1 Å². The molecular formula is C27H26F3N5O2. The summed E-state index contributed by atoms with van der Waals surface area (Å²) in [5.41, 5.74) is 1.38. The quantitative estimate of drug-likeness (QED) is 0.345. The molecule has 0 unspecified atom stereocenters. The number of aromatic nitrogens is 3. The number of nitrogens with zero attached hydrogens (tertiary/aromatic N) is 2. The Kier molecular flexibility index (Phi) is 6.49. The van der Waals surface area contributed by atoms with Gasteiger partial charge >= 0.3 is 6.18 Å². The smallest absolute Gasteiger partial charge is 0.382 e. The number of aryl methyl sites for hydroxylation is 1. The van der Waals surface area contributed by atoms with Crippen LogP contribution in [0.15, 0.2) is 65.5 Å². The zero-order chi connectivity index (χ0) is 26.2. The van der Waals surface area contributed by atoms with E-state index in [1.807, 2.05) is 0 Å². The number of hydrogen-bond acceptors (Lipinski definition) is 4. The molecule has 0 bridgehead atoms. The van der Waals surface area contributed by atoms with Gasteiger partial charge < -0.3 is 10.6 Å². The summed E-state index contributed by atoms with van der Waals surface area (Å²) in [6.07, 6.45) is -1.58. The number of fused-ring (bicyclic) bond motifs is 1. The van der Waals surface area contributed by atoms with E-state index in [1.165, 1.54) is 10.7 Å². The predicted octanol–water partition coefficient (Wildman–Crippen LogP) is 5.19. The molecule has 2 heterocycles. The molecule has 1 aliphatic carbocycles. The molecule has 1 aliphatic rings. The topological polar surface area (TPSA) is 91.8 Å². The Morgan fingerprint density at radius 1 is 1.05 bits per heavy atom. The first-order valence-electron chi connectivity index (χ1n) is 12.1. The van der Waals surface area contributed by atoms with Crippen LogP contribution in [0.2, 0.25) is 0 Å². The summed E-state index contributed by atoms with van der Waals surface area (Å²) in [6.45, 7) is 1.79. The highest BCUT2D eigenvalue weighted by atomic mass is 19.4. The number of rotatable bonds is 5. The number of carbonyl (C=O) groups excluding carboxylic acids is 1. The van der Waals surface area contributed by atoms with Gasteiger partial charge in [-0.25, -0.2) is 9.67 Å². The summed E-state index contributed by atoms with van der Waals surface area (Å²) in [7, 11) is 0. The summed E-state index contributed by atoms with van der Waals surface area (Å²) in [6, 6.07) is 15.8. The summed E-state index contributed by atoms with van der Waals surface area (Å²) in [5.74, 6) is -0.235. The first kappa shape index (κ1) is 24.6. The van der Waals surface area contributed by atoms with E-state index in [4.69, 9.17) is 0 Å². The van der Waals surface area contributed by atoms with Gasteiger partial charge in [0.15, 0.2) is 0 Å². The minimum Gasteiger partial charge on any atom is -0.382 e. The molecule has 0 spiro atoms. The number of aromatic amines is 1. The maximum absolute atomic E-state index is 13.4. The van der Waals surface area contributed by atoms with E-state index in [2.05, 4.69) is 20.7 Å². The van der Waals surface area contributed by atoms with Crippen LogP contribution in [-0.4, -0.2) is 32.8 Å². The average Bonchev–Trinajstić information content (AvgIpc) is 3.21. The van der Waals surface area contributed by atoms with Gasteiger partial charge in [-0.2, -0.15) is 13.2 Å². The van der Waals surface area contributed by atoms with Gasteiger partial charge in [0.2, 0.25) is 0 Å². The largest absolute Gasteiger partial charge is 0.433 e. The van der Waals surface area contributed by atoms with Crippen molar-refractivity contribution < 1.29 is 18.0 Å². The molecule has 5 rings (SSSR count). The van der Waals surface area contributed by atoms with Crippen molar-refractivity contribution in [2.45, 2.75) is 50.9 Å². The molecule has 37 heavy (non-hydrogen) atoms. The summed E-state index contributed by atoms with van der Waals surface area (Å²) in [5, 5.41) is 9.91. The number of pyridine rings is 1. The Morgan fingerprint density at radius 2 is 1.78 bits per heavy atom. The van der Waals surface area contributed by atoms with E-state index in [0.717, 1.165) is 31.0 Å². The van der Waals surface area contributed by atoms with Crippen LogP contribution in [0.25, 0.3) is 16.6 Å². The van der Waals surface area contributed by atoms with Crippen molar-refractivity contribution in [3.63, 3.8) is 0 Å². The first-order chi connectivity index (χ1) is 17.7. The average molecular weight is 510 g/mol. The Hall–Kier alpha value is -4.08. The number of carbonyl (C=O) groups is 1. The number of nitrogens with one attached hydrogen (secondary N) is 3. The van der Waals surface area contributed by atoms with Gasteiger partial charge in [-0.1, -0.05) is 18.2 Å². The highest BCUT2D eigenvalue weighted by Crippen LogP contribution is 2.34. The van der Waals surface area contributed by atoms with Crippen molar-refractivity contribution >= 4 is 22.5 Å². The van der Waals surface area contributed by atoms with Crippen LogP contribution < -0.4 is 16.2 Å². The summed E-state index contributed by atoms with van der Waals surface area (Å²) in [4.78, 5) is 28.7. The molecule has 2 atom stereocenters. The van der Waals surface area contributed by atoms with Crippen molar-refractivity contribution in [1.29, 1.82) is 0 Å². The lowest BCUT2D eigenvalue weighted by Crippen LogP contribution is -2.41. The fraction of sp³-hybridized carbons (Fsp3) is 0.296. The van der Waals surface area contributed by atoms with Crippen LogP contribution in [-0.2, 0) is 6.18 Å². The number of para-hydroxylation sites is 1. The summed E-state index contributed by atoms with van der Waals surface area (Å²) >= 11 is 0. The zero-order valence-corrected chi connectivity index (χ0v) is 20.1. The van der Waals surface area contributed by atoms with Crippen LogP contribution in [0.1, 0.15) is 47.4 Å². The molecule has 0 radical (unpaired) electrons. The van der Waals surface area contributed by atoms with Crippen LogP contribution in [0.3, 0.4) is 0 Å². The third-order valence-corrected chi connectivity index (χ3v) is 6.61. The van der Waals surface area contributed by atoms with E-state index in [9.17, 15) is 22.8 Å². The fourth-order valence-corrected chi connectivity index (χ4v) is 4.85. The lowest BCUT2D eigenvalue weighted by atomic mass is 9.90. The van der Waals surface area contributed by atoms with Crippen molar-refractivity contribution in [2.75, 3.05) is 5.32 Å². The highest BCUT2D eigenvalue weighted by molar-refractivity contribution is 5.94. The van der Waals surface area contributed by atoms with Gasteiger partial charge in [0, 0.05) is 40.5 Å². The molecule has 192 valence electrons. The van der Waals surface area contributed by atoms with Crippen molar-refractivity contribution in [3.05, 3.63) is 88.0 Å². The summed E-state index contributed by atoms with van der Waals surface area (Å²) < 4.78 is 41.7. The lowest BCUT2D eigenvalue weighted by Gasteiger charge is -2.31. The van der Waals surface area contributed by atoms with E-state index in [1.54, 1.807) is 55.5 Å². The highest BCUT2D eigenvalue weighted by Gasteiger charge is 2.34. The molecule has 10 heteroatoms. The number of benzene rings is 2. The molecule has 2 aromatic carbocycles. The molecule has 0 saturated heterocycles. The number of H-pyrrole nitrogens is 1. The molecule has 1 amide bonds. The zero-order valence-electron chi connectivity index (χ0n) is 20.1. The predicted molar refractivity (Wildman–Crippen MR) is 135 cm³/mol.